The fourth-order valence-electron chi connectivity index (χ4n) is 1.57. The van der Waals surface area contributed by atoms with Crippen molar-refractivity contribution in [3.8, 4) is 5.75 Å². The summed E-state index contributed by atoms with van der Waals surface area (Å²) in [6, 6.07) is 15.1. The van der Waals surface area contributed by atoms with Gasteiger partial charge in [0, 0.05) is 5.56 Å². The molecule has 0 atom stereocenters. The Morgan fingerprint density at radius 3 is 2.56 bits per heavy atom. The molecule has 0 aliphatic carbocycles. The van der Waals surface area contributed by atoms with E-state index in [0.29, 0.717) is 5.56 Å². The second-order valence-corrected chi connectivity index (χ2v) is 5.17. The molecule has 0 aromatic heterocycles. The molecular formula is C15H13IO2. The number of ketones is 1. The number of rotatable bonds is 4. The molecule has 0 bridgehead atoms. The molecule has 0 saturated heterocycles. The molecular weight excluding hydrogens is 339 g/mol. The van der Waals surface area contributed by atoms with Crippen molar-refractivity contribution in [2.75, 3.05) is 6.61 Å². The Kier molecular flexibility index (Phi) is 4.36. The molecule has 0 fully saturated rings. The minimum Gasteiger partial charge on any atom is -0.484 e. The van der Waals surface area contributed by atoms with E-state index in [-0.39, 0.29) is 12.4 Å². The van der Waals surface area contributed by atoms with Gasteiger partial charge < -0.3 is 4.74 Å². The van der Waals surface area contributed by atoms with E-state index in [4.69, 9.17) is 4.74 Å². The van der Waals surface area contributed by atoms with Crippen molar-refractivity contribution in [2.45, 2.75) is 6.92 Å². The fraction of sp³-hybridized carbons (Fsp3) is 0.133. The van der Waals surface area contributed by atoms with Gasteiger partial charge in [-0.25, -0.2) is 0 Å². The molecule has 2 aromatic carbocycles. The molecule has 3 heteroatoms. The number of Topliss-reactive ketones (excluding diaryl/α,β-unsaturated/α-hetero) is 1. The maximum absolute atomic E-state index is 11.9. The number of hydrogen-bond acceptors (Lipinski definition) is 2. The van der Waals surface area contributed by atoms with Crippen LogP contribution in [0, 0.1) is 10.5 Å². The second-order valence-electron chi connectivity index (χ2n) is 4.01. The minimum absolute atomic E-state index is 0.00743. The number of carbonyl (C=O) groups is 1. The molecule has 0 unspecified atom stereocenters. The van der Waals surface area contributed by atoms with Crippen LogP contribution in [-0.4, -0.2) is 12.4 Å². The molecule has 0 aliphatic heterocycles. The Morgan fingerprint density at radius 1 is 1.17 bits per heavy atom. The van der Waals surface area contributed by atoms with Crippen LogP contribution in [0.4, 0.5) is 0 Å². The van der Waals surface area contributed by atoms with Crippen molar-refractivity contribution < 1.29 is 9.53 Å². The molecule has 0 saturated carbocycles. The Morgan fingerprint density at radius 2 is 1.89 bits per heavy atom. The molecule has 2 nitrogen and oxygen atoms in total. The predicted molar refractivity (Wildman–Crippen MR) is 80.2 cm³/mol. The van der Waals surface area contributed by atoms with Gasteiger partial charge >= 0.3 is 0 Å². The van der Waals surface area contributed by atoms with Gasteiger partial charge in [0.25, 0.3) is 0 Å². The van der Waals surface area contributed by atoms with E-state index in [1.54, 1.807) is 12.1 Å². The number of ether oxygens (including phenoxy) is 1. The van der Waals surface area contributed by atoms with E-state index in [1.807, 2.05) is 43.3 Å². The first-order chi connectivity index (χ1) is 8.66. The summed E-state index contributed by atoms with van der Waals surface area (Å²) in [6.07, 6.45) is 0. The van der Waals surface area contributed by atoms with Gasteiger partial charge in [0.05, 0.1) is 3.57 Å². The molecule has 0 radical (unpaired) electrons. The van der Waals surface area contributed by atoms with Crippen molar-refractivity contribution in [2.24, 2.45) is 0 Å². The van der Waals surface area contributed by atoms with Gasteiger partial charge in [0.1, 0.15) is 5.75 Å². The first kappa shape index (κ1) is 13.1. The first-order valence-electron chi connectivity index (χ1n) is 5.64. The SMILES string of the molecule is Cc1ccc(OCC(=O)c2ccccc2)c(I)c1. The number of benzene rings is 2. The third-order valence-corrected chi connectivity index (χ3v) is 3.38. The van der Waals surface area contributed by atoms with Crippen LogP contribution in [0.5, 0.6) is 5.75 Å². The van der Waals surface area contributed by atoms with Crippen molar-refractivity contribution in [1.29, 1.82) is 0 Å². The lowest BCUT2D eigenvalue weighted by atomic mass is 10.1. The molecule has 0 amide bonds. The summed E-state index contributed by atoms with van der Waals surface area (Å²) in [5, 5.41) is 0. The maximum Gasteiger partial charge on any atom is 0.200 e. The van der Waals surface area contributed by atoms with Crippen LogP contribution in [0.25, 0.3) is 0 Å². The van der Waals surface area contributed by atoms with E-state index in [2.05, 4.69) is 22.6 Å². The summed E-state index contributed by atoms with van der Waals surface area (Å²) >= 11 is 2.21. The Bertz CT molecular complexity index is 550. The molecule has 2 aromatic rings. The highest BCUT2D eigenvalue weighted by molar-refractivity contribution is 14.1. The van der Waals surface area contributed by atoms with Gasteiger partial charge in [-0.1, -0.05) is 36.4 Å². The lowest BCUT2D eigenvalue weighted by Gasteiger charge is -2.08. The zero-order chi connectivity index (χ0) is 13.0. The number of halogens is 1. The van der Waals surface area contributed by atoms with E-state index >= 15 is 0 Å². The minimum atomic E-state index is -0.00743. The smallest absolute Gasteiger partial charge is 0.200 e. The van der Waals surface area contributed by atoms with Gasteiger partial charge in [0.2, 0.25) is 0 Å². The lowest BCUT2D eigenvalue weighted by Crippen LogP contribution is -2.11. The van der Waals surface area contributed by atoms with Crippen LogP contribution < -0.4 is 4.74 Å². The molecule has 0 spiro atoms. The number of aryl methyl sites for hydroxylation is 1. The van der Waals surface area contributed by atoms with Gasteiger partial charge in [-0.15, -0.1) is 0 Å². The summed E-state index contributed by atoms with van der Waals surface area (Å²) < 4.78 is 6.57. The lowest BCUT2D eigenvalue weighted by molar-refractivity contribution is 0.0921. The van der Waals surface area contributed by atoms with Crippen LogP contribution in [0.1, 0.15) is 15.9 Å². The normalized spacial score (nSPS) is 10.1. The van der Waals surface area contributed by atoms with E-state index < -0.39 is 0 Å². The summed E-state index contributed by atoms with van der Waals surface area (Å²) in [5.41, 5.74) is 1.86. The Hall–Kier alpha value is -1.36. The standard InChI is InChI=1S/C15H13IO2/c1-11-7-8-15(13(16)9-11)18-10-14(17)12-5-3-2-4-6-12/h2-9H,10H2,1H3. The van der Waals surface area contributed by atoms with Crippen molar-refractivity contribution >= 4 is 28.4 Å². The second kappa shape index (κ2) is 6.00. The highest BCUT2D eigenvalue weighted by atomic mass is 127. The van der Waals surface area contributed by atoms with Crippen LogP contribution in [0.2, 0.25) is 0 Å². The number of hydrogen-bond donors (Lipinski definition) is 0. The van der Waals surface area contributed by atoms with Gasteiger partial charge in [0.15, 0.2) is 12.4 Å². The quantitative estimate of drug-likeness (QED) is 0.617. The molecule has 18 heavy (non-hydrogen) atoms. The van der Waals surface area contributed by atoms with Crippen LogP contribution >= 0.6 is 22.6 Å². The Labute approximate surface area is 120 Å². The molecule has 0 aliphatic rings. The van der Waals surface area contributed by atoms with E-state index in [1.165, 1.54) is 5.56 Å². The zero-order valence-electron chi connectivity index (χ0n) is 10.0. The highest BCUT2D eigenvalue weighted by Gasteiger charge is 2.07. The predicted octanol–water partition coefficient (Wildman–Crippen LogP) is 3.86. The Balaban J connectivity index is 2.02. The van der Waals surface area contributed by atoms with Crippen molar-refractivity contribution in [3.63, 3.8) is 0 Å². The average Bonchev–Trinajstić information content (AvgIpc) is 2.38. The zero-order valence-corrected chi connectivity index (χ0v) is 12.2. The molecule has 0 heterocycles. The van der Waals surface area contributed by atoms with Crippen LogP contribution in [0.15, 0.2) is 48.5 Å². The summed E-state index contributed by atoms with van der Waals surface area (Å²) in [5.74, 6) is 0.748. The fourth-order valence-corrected chi connectivity index (χ4v) is 2.40. The first-order valence-corrected chi connectivity index (χ1v) is 6.72. The topological polar surface area (TPSA) is 26.3 Å². The third kappa shape index (κ3) is 3.32. The average molecular weight is 352 g/mol. The summed E-state index contributed by atoms with van der Waals surface area (Å²) in [6.45, 7) is 2.10. The largest absolute Gasteiger partial charge is 0.484 e. The van der Waals surface area contributed by atoms with Gasteiger partial charge in [-0.3, -0.25) is 4.79 Å². The van der Waals surface area contributed by atoms with E-state index in [0.717, 1.165) is 9.32 Å². The monoisotopic (exact) mass is 352 g/mol. The summed E-state index contributed by atoms with van der Waals surface area (Å²) in [7, 11) is 0. The molecule has 0 N–H and O–H groups in total. The third-order valence-electron chi connectivity index (χ3n) is 2.54. The summed E-state index contributed by atoms with van der Waals surface area (Å²) in [4.78, 5) is 11.9. The molecule has 92 valence electrons. The van der Waals surface area contributed by atoms with Gasteiger partial charge in [-0.05, 0) is 47.2 Å². The van der Waals surface area contributed by atoms with Gasteiger partial charge in [-0.2, -0.15) is 0 Å². The van der Waals surface area contributed by atoms with Crippen molar-refractivity contribution in [1.82, 2.24) is 0 Å². The number of carbonyl (C=O) groups excluding carboxylic acids is 1. The maximum atomic E-state index is 11.9. The van der Waals surface area contributed by atoms with Crippen LogP contribution in [0.3, 0.4) is 0 Å². The van der Waals surface area contributed by atoms with Crippen molar-refractivity contribution in [3.05, 3.63) is 63.2 Å². The van der Waals surface area contributed by atoms with E-state index in [9.17, 15) is 4.79 Å². The molecule has 2 rings (SSSR count). The van der Waals surface area contributed by atoms with Crippen LogP contribution in [-0.2, 0) is 0 Å². The highest BCUT2D eigenvalue weighted by Crippen LogP contribution is 2.21.